The number of methoxy groups -OCH3 is 3. The average Bonchev–Trinajstić information content (AvgIpc) is 3.13. The fourth-order valence-corrected chi connectivity index (χ4v) is 3.82. The Kier molecular flexibility index (Phi) is 6.04. The Morgan fingerprint density at radius 2 is 1.36 bits per heavy atom. The fraction of sp³-hybridized carbons (Fsp3) is 0.154. The van der Waals surface area contributed by atoms with Crippen LogP contribution in [0.25, 0.3) is 5.57 Å². The summed E-state index contributed by atoms with van der Waals surface area (Å²) >= 11 is 0. The lowest BCUT2D eigenvalue weighted by Gasteiger charge is -2.22. The van der Waals surface area contributed by atoms with E-state index >= 15 is 0 Å². The third kappa shape index (κ3) is 3.89. The van der Waals surface area contributed by atoms with Gasteiger partial charge in [0.05, 0.1) is 32.6 Å². The number of para-hydroxylation sites is 1. The van der Waals surface area contributed by atoms with Crippen LogP contribution in [-0.4, -0.2) is 40.2 Å². The lowest BCUT2D eigenvalue weighted by Crippen LogP contribution is -2.34. The summed E-state index contributed by atoms with van der Waals surface area (Å²) in [5.41, 5.74) is 2.31. The molecule has 1 aliphatic heterocycles. The van der Waals surface area contributed by atoms with Crippen LogP contribution < -0.4 is 24.0 Å². The second-order valence-electron chi connectivity index (χ2n) is 7.33. The number of anilines is 2. The first-order valence-electron chi connectivity index (χ1n) is 10.3. The summed E-state index contributed by atoms with van der Waals surface area (Å²) in [6.45, 7) is 0. The Morgan fingerprint density at radius 3 is 1.97 bits per heavy atom. The molecular weight excluding hydrogens is 420 g/mol. The molecule has 0 saturated carbocycles. The predicted octanol–water partition coefficient (Wildman–Crippen LogP) is 4.13. The van der Waals surface area contributed by atoms with E-state index in [1.54, 1.807) is 61.5 Å². The first-order valence-corrected chi connectivity index (χ1v) is 10.3. The standard InChI is InChI=1S/C26H24N2O5/c1-27(18-8-6-5-7-9-18)24-23(17-10-12-19(31-2)13-11-17)25(29)28(26(24)30)21-15-14-20(32-3)16-22(21)33-4/h5-16H,1-4H3. The van der Waals surface area contributed by atoms with Gasteiger partial charge in [-0.05, 0) is 42.0 Å². The number of hydrogen-bond acceptors (Lipinski definition) is 6. The van der Waals surface area contributed by atoms with E-state index in [-0.39, 0.29) is 5.70 Å². The normalized spacial score (nSPS) is 13.4. The zero-order chi connectivity index (χ0) is 23.5. The van der Waals surface area contributed by atoms with Gasteiger partial charge in [-0.1, -0.05) is 30.3 Å². The van der Waals surface area contributed by atoms with Crippen molar-refractivity contribution >= 4 is 28.8 Å². The molecule has 168 valence electrons. The minimum Gasteiger partial charge on any atom is -0.497 e. The van der Waals surface area contributed by atoms with Gasteiger partial charge in [0.25, 0.3) is 11.8 Å². The van der Waals surface area contributed by atoms with Crippen molar-refractivity contribution in [2.75, 3.05) is 38.2 Å². The van der Waals surface area contributed by atoms with Gasteiger partial charge in [0.2, 0.25) is 0 Å². The first kappa shape index (κ1) is 22.0. The zero-order valence-corrected chi connectivity index (χ0v) is 18.9. The van der Waals surface area contributed by atoms with Gasteiger partial charge in [-0.15, -0.1) is 0 Å². The number of likely N-dealkylation sites (N-methyl/N-ethyl adjacent to an activating group) is 1. The summed E-state index contributed by atoms with van der Waals surface area (Å²) in [7, 11) is 6.37. The second-order valence-corrected chi connectivity index (χ2v) is 7.33. The molecular formula is C26H24N2O5. The van der Waals surface area contributed by atoms with Gasteiger partial charge in [-0.2, -0.15) is 0 Å². The van der Waals surface area contributed by atoms with Crippen LogP contribution >= 0.6 is 0 Å². The van der Waals surface area contributed by atoms with Crippen molar-refractivity contribution in [2.45, 2.75) is 0 Å². The van der Waals surface area contributed by atoms with Crippen LogP contribution in [0.3, 0.4) is 0 Å². The summed E-state index contributed by atoms with van der Waals surface area (Å²) in [5, 5.41) is 0. The summed E-state index contributed by atoms with van der Waals surface area (Å²) in [6, 6.07) is 21.5. The topological polar surface area (TPSA) is 68.3 Å². The maximum atomic E-state index is 13.8. The highest BCUT2D eigenvalue weighted by Gasteiger charge is 2.43. The Labute approximate surface area is 192 Å². The van der Waals surface area contributed by atoms with E-state index in [9.17, 15) is 9.59 Å². The van der Waals surface area contributed by atoms with Gasteiger partial charge in [0.1, 0.15) is 22.9 Å². The van der Waals surface area contributed by atoms with E-state index in [4.69, 9.17) is 14.2 Å². The Bertz CT molecular complexity index is 1220. The Balaban J connectivity index is 1.87. The van der Waals surface area contributed by atoms with Crippen LogP contribution in [-0.2, 0) is 9.59 Å². The highest BCUT2D eigenvalue weighted by Crippen LogP contribution is 2.40. The molecule has 0 radical (unpaired) electrons. The molecule has 0 aliphatic carbocycles. The number of hydrogen-bond donors (Lipinski definition) is 0. The van der Waals surface area contributed by atoms with Crippen LogP contribution in [0, 0.1) is 0 Å². The number of ether oxygens (including phenoxy) is 3. The number of rotatable bonds is 7. The zero-order valence-electron chi connectivity index (χ0n) is 18.9. The van der Waals surface area contributed by atoms with Crippen LogP contribution in [0.2, 0.25) is 0 Å². The molecule has 0 unspecified atom stereocenters. The van der Waals surface area contributed by atoms with Crippen LogP contribution in [0.1, 0.15) is 5.56 Å². The number of benzene rings is 3. The predicted molar refractivity (Wildman–Crippen MR) is 127 cm³/mol. The molecule has 0 spiro atoms. The third-order valence-corrected chi connectivity index (χ3v) is 5.54. The van der Waals surface area contributed by atoms with Crippen LogP contribution in [0.15, 0.2) is 78.5 Å². The lowest BCUT2D eigenvalue weighted by atomic mass is 10.0. The van der Waals surface area contributed by atoms with Crippen molar-refractivity contribution in [3.05, 3.63) is 84.1 Å². The molecule has 3 aromatic carbocycles. The van der Waals surface area contributed by atoms with E-state index in [1.807, 2.05) is 30.3 Å². The maximum absolute atomic E-state index is 13.8. The molecule has 4 rings (SSSR count). The summed E-state index contributed by atoms with van der Waals surface area (Å²) in [4.78, 5) is 30.4. The molecule has 3 aromatic rings. The minimum atomic E-state index is -0.444. The van der Waals surface area contributed by atoms with Crippen LogP contribution in [0.5, 0.6) is 17.2 Å². The molecule has 0 N–H and O–H groups in total. The van der Waals surface area contributed by atoms with Gasteiger partial charge in [-0.3, -0.25) is 9.59 Å². The fourth-order valence-electron chi connectivity index (χ4n) is 3.82. The van der Waals surface area contributed by atoms with Gasteiger partial charge in [0, 0.05) is 18.8 Å². The molecule has 0 saturated heterocycles. The van der Waals surface area contributed by atoms with E-state index in [2.05, 4.69) is 0 Å². The van der Waals surface area contributed by atoms with Crippen molar-refractivity contribution in [3.63, 3.8) is 0 Å². The molecule has 1 aliphatic rings. The highest BCUT2D eigenvalue weighted by molar-refractivity contribution is 6.46. The van der Waals surface area contributed by atoms with Crippen molar-refractivity contribution in [1.82, 2.24) is 0 Å². The van der Waals surface area contributed by atoms with E-state index in [0.717, 1.165) is 10.6 Å². The molecule has 0 bridgehead atoms. The van der Waals surface area contributed by atoms with Gasteiger partial charge < -0.3 is 19.1 Å². The molecule has 7 heteroatoms. The monoisotopic (exact) mass is 444 g/mol. The number of amides is 2. The van der Waals surface area contributed by atoms with E-state index in [1.165, 1.54) is 14.2 Å². The van der Waals surface area contributed by atoms with E-state index in [0.29, 0.717) is 34.1 Å². The largest absolute Gasteiger partial charge is 0.497 e. The maximum Gasteiger partial charge on any atom is 0.282 e. The molecule has 0 fully saturated rings. The summed E-state index contributed by atoms with van der Waals surface area (Å²) < 4.78 is 16.0. The van der Waals surface area contributed by atoms with Crippen LogP contribution in [0.4, 0.5) is 11.4 Å². The van der Waals surface area contributed by atoms with Crippen molar-refractivity contribution in [1.29, 1.82) is 0 Å². The number of carbonyl (C=O) groups excluding carboxylic acids is 2. The minimum absolute atomic E-state index is 0.272. The number of nitrogens with zero attached hydrogens (tertiary/aromatic N) is 2. The summed E-state index contributed by atoms with van der Waals surface area (Å²) in [5.74, 6) is 0.684. The molecule has 1 heterocycles. The quantitative estimate of drug-likeness (QED) is 0.511. The molecule has 0 aromatic heterocycles. The summed E-state index contributed by atoms with van der Waals surface area (Å²) in [6.07, 6.45) is 0. The Morgan fingerprint density at radius 1 is 0.727 bits per heavy atom. The van der Waals surface area contributed by atoms with Crippen molar-refractivity contribution in [3.8, 4) is 17.2 Å². The van der Waals surface area contributed by atoms with Gasteiger partial charge >= 0.3 is 0 Å². The average molecular weight is 444 g/mol. The first-order chi connectivity index (χ1) is 16.0. The third-order valence-electron chi connectivity index (χ3n) is 5.54. The molecule has 0 atom stereocenters. The Hall–Kier alpha value is -4.26. The van der Waals surface area contributed by atoms with Crippen molar-refractivity contribution < 1.29 is 23.8 Å². The molecule has 2 amide bonds. The molecule has 7 nitrogen and oxygen atoms in total. The highest BCUT2D eigenvalue weighted by atomic mass is 16.5. The number of carbonyl (C=O) groups is 2. The SMILES string of the molecule is COc1ccc(C2=C(N(C)c3ccccc3)C(=O)N(c3ccc(OC)cc3OC)C2=O)cc1. The lowest BCUT2D eigenvalue weighted by molar-refractivity contribution is -0.120. The smallest absolute Gasteiger partial charge is 0.282 e. The van der Waals surface area contributed by atoms with E-state index < -0.39 is 11.8 Å². The van der Waals surface area contributed by atoms with Crippen molar-refractivity contribution in [2.24, 2.45) is 0 Å². The number of imide groups is 1. The van der Waals surface area contributed by atoms with Gasteiger partial charge in [0.15, 0.2) is 0 Å². The second kappa shape index (κ2) is 9.08. The van der Waals surface area contributed by atoms with Gasteiger partial charge in [-0.25, -0.2) is 4.90 Å². The molecule has 33 heavy (non-hydrogen) atoms.